The topological polar surface area (TPSA) is 25.8 Å². The number of fused-ring (bicyclic) bond motifs is 1. The first-order chi connectivity index (χ1) is 9.97. The van der Waals surface area contributed by atoms with Crippen LogP contribution in [0.1, 0.15) is 16.7 Å². The molecule has 0 aliphatic carbocycles. The predicted molar refractivity (Wildman–Crippen MR) is 91.9 cm³/mol. The molecule has 21 heavy (non-hydrogen) atoms. The van der Waals surface area contributed by atoms with Crippen LogP contribution >= 0.6 is 27.5 Å². The Balaban J connectivity index is 2.36. The van der Waals surface area contributed by atoms with Crippen molar-refractivity contribution in [3.63, 3.8) is 0 Å². The summed E-state index contributed by atoms with van der Waals surface area (Å²) in [4.78, 5) is 9.26. The zero-order chi connectivity index (χ0) is 15.1. The minimum absolute atomic E-state index is 0.488. The third-order valence-corrected chi connectivity index (χ3v) is 4.36. The fourth-order valence-electron chi connectivity index (χ4n) is 2.60. The molecule has 0 spiro atoms. The maximum atomic E-state index is 6.39. The standard InChI is InChI=1S/C17H14BrClN2/c1-9-5-4-6-10(2)14(9)17-20-15-11(3)7-12(18)8-13(15)16(19)21-17/h4-8H,1-3H3. The lowest BCUT2D eigenvalue weighted by Gasteiger charge is -2.11. The van der Waals surface area contributed by atoms with Crippen LogP contribution in [0.15, 0.2) is 34.8 Å². The van der Waals surface area contributed by atoms with Gasteiger partial charge in [0.1, 0.15) is 5.15 Å². The van der Waals surface area contributed by atoms with Crippen LogP contribution < -0.4 is 0 Å². The number of halogens is 2. The summed E-state index contributed by atoms with van der Waals surface area (Å²) in [6, 6.07) is 10.2. The fraction of sp³-hybridized carbons (Fsp3) is 0.176. The van der Waals surface area contributed by atoms with Gasteiger partial charge in [0.05, 0.1) is 5.52 Å². The molecule has 0 aliphatic heterocycles. The van der Waals surface area contributed by atoms with E-state index in [-0.39, 0.29) is 0 Å². The van der Waals surface area contributed by atoms with Crippen molar-refractivity contribution in [2.45, 2.75) is 20.8 Å². The van der Waals surface area contributed by atoms with Crippen LogP contribution in [0.5, 0.6) is 0 Å². The Labute approximate surface area is 137 Å². The van der Waals surface area contributed by atoms with Crippen molar-refractivity contribution in [3.05, 3.63) is 56.6 Å². The highest BCUT2D eigenvalue weighted by Crippen LogP contribution is 2.31. The van der Waals surface area contributed by atoms with E-state index < -0.39 is 0 Å². The zero-order valence-corrected chi connectivity index (χ0v) is 14.4. The number of nitrogens with zero attached hydrogens (tertiary/aromatic N) is 2. The molecule has 0 fully saturated rings. The first kappa shape index (κ1) is 14.5. The molecule has 0 N–H and O–H groups in total. The van der Waals surface area contributed by atoms with Crippen LogP contribution in [-0.2, 0) is 0 Å². The van der Waals surface area contributed by atoms with Crippen LogP contribution in [0.3, 0.4) is 0 Å². The molecule has 1 aromatic heterocycles. The molecule has 0 aliphatic rings. The predicted octanol–water partition coefficient (Wildman–Crippen LogP) is 5.64. The molecule has 1 heterocycles. The lowest BCUT2D eigenvalue weighted by Crippen LogP contribution is -1.97. The van der Waals surface area contributed by atoms with Crippen molar-refractivity contribution >= 4 is 38.4 Å². The minimum Gasteiger partial charge on any atom is -0.228 e. The average molecular weight is 362 g/mol. The van der Waals surface area contributed by atoms with Crippen LogP contribution in [0.4, 0.5) is 0 Å². The van der Waals surface area contributed by atoms with Gasteiger partial charge in [-0.15, -0.1) is 0 Å². The van der Waals surface area contributed by atoms with E-state index in [4.69, 9.17) is 16.6 Å². The molecular weight excluding hydrogens is 348 g/mol. The molecule has 0 radical (unpaired) electrons. The Kier molecular flexibility index (Phi) is 3.72. The largest absolute Gasteiger partial charge is 0.228 e. The van der Waals surface area contributed by atoms with Crippen molar-refractivity contribution < 1.29 is 0 Å². The maximum Gasteiger partial charge on any atom is 0.162 e. The molecule has 0 saturated heterocycles. The van der Waals surface area contributed by atoms with Gasteiger partial charge >= 0.3 is 0 Å². The van der Waals surface area contributed by atoms with E-state index in [2.05, 4.69) is 46.9 Å². The third-order valence-electron chi connectivity index (χ3n) is 3.61. The minimum atomic E-state index is 0.488. The third kappa shape index (κ3) is 2.56. The number of rotatable bonds is 1. The molecule has 3 rings (SSSR count). The number of hydrogen-bond acceptors (Lipinski definition) is 2. The molecular formula is C17H14BrClN2. The molecule has 2 nitrogen and oxygen atoms in total. The van der Waals surface area contributed by atoms with Crippen molar-refractivity contribution in [2.24, 2.45) is 0 Å². The summed E-state index contributed by atoms with van der Waals surface area (Å²) >= 11 is 9.88. The Morgan fingerprint density at radius 1 is 0.952 bits per heavy atom. The molecule has 2 aromatic carbocycles. The maximum absolute atomic E-state index is 6.39. The number of hydrogen-bond donors (Lipinski definition) is 0. The van der Waals surface area contributed by atoms with E-state index in [1.165, 1.54) is 0 Å². The van der Waals surface area contributed by atoms with E-state index in [1.807, 2.05) is 25.1 Å². The Morgan fingerprint density at radius 3 is 2.29 bits per heavy atom. The summed E-state index contributed by atoms with van der Waals surface area (Å²) in [5.74, 6) is 0.688. The summed E-state index contributed by atoms with van der Waals surface area (Å²) in [5.41, 5.74) is 5.34. The Morgan fingerprint density at radius 2 is 1.62 bits per heavy atom. The lowest BCUT2D eigenvalue weighted by molar-refractivity contribution is 1.19. The van der Waals surface area contributed by atoms with Gasteiger partial charge in [0.15, 0.2) is 5.82 Å². The highest BCUT2D eigenvalue weighted by atomic mass is 79.9. The van der Waals surface area contributed by atoms with Gasteiger partial charge in [0.25, 0.3) is 0 Å². The highest BCUT2D eigenvalue weighted by molar-refractivity contribution is 9.10. The zero-order valence-electron chi connectivity index (χ0n) is 12.0. The normalized spacial score (nSPS) is 11.1. The first-order valence-corrected chi connectivity index (χ1v) is 7.84. The summed E-state index contributed by atoms with van der Waals surface area (Å²) in [7, 11) is 0. The Bertz CT molecular complexity index is 839. The van der Waals surface area contributed by atoms with Gasteiger partial charge in [-0.3, -0.25) is 0 Å². The fourth-order valence-corrected chi connectivity index (χ4v) is 3.40. The quantitative estimate of drug-likeness (QED) is 0.524. The van der Waals surface area contributed by atoms with Crippen molar-refractivity contribution in [3.8, 4) is 11.4 Å². The van der Waals surface area contributed by atoms with Gasteiger partial charge in [0.2, 0.25) is 0 Å². The summed E-state index contributed by atoms with van der Waals surface area (Å²) in [5, 5.41) is 1.36. The van der Waals surface area contributed by atoms with E-state index in [1.54, 1.807) is 0 Å². The molecule has 4 heteroatoms. The Hall–Kier alpha value is -1.45. The van der Waals surface area contributed by atoms with Crippen molar-refractivity contribution in [1.29, 1.82) is 0 Å². The van der Waals surface area contributed by atoms with Crippen LogP contribution in [-0.4, -0.2) is 9.97 Å². The molecule has 106 valence electrons. The van der Waals surface area contributed by atoms with E-state index >= 15 is 0 Å². The van der Waals surface area contributed by atoms with E-state index in [0.29, 0.717) is 11.0 Å². The molecule has 0 atom stereocenters. The molecule has 0 unspecified atom stereocenters. The smallest absolute Gasteiger partial charge is 0.162 e. The van der Waals surface area contributed by atoms with Crippen molar-refractivity contribution in [1.82, 2.24) is 9.97 Å². The van der Waals surface area contributed by atoms with Crippen LogP contribution in [0, 0.1) is 20.8 Å². The molecule has 3 aromatic rings. The van der Waals surface area contributed by atoms with Crippen LogP contribution in [0.2, 0.25) is 5.15 Å². The summed E-state index contributed by atoms with van der Waals surface area (Å²) in [6.45, 7) is 6.17. The molecule has 0 saturated carbocycles. The monoisotopic (exact) mass is 360 g/mol. The summed E-state index contributed by atoms with van der Waals surface area (Å²) in [6.07, 6.45) is 0. The SMILES string of the molecule is Cc1cccc(C)c1-c1nc(Cl)c2cc(Br)cc(C)c2n1. The average Bonchev–Trinajstić information content (AvgIpc) is 2.40. The lowest BCUT2D eigenvalue weighted by atomic mass is 10.0. The van der Waals surface area contributed by atoms with Crippen molar-refractivity contribution in [2.75, 3.05) is 0 Å². The highest BCUT2D eigenvalue weighted by Gasteiger charge is 2.13. The molecule has 0 amide bonds. The second-order valence-electron chi connectivity index (χ2n) is 5.22. The van der Waals surface area contributed by atoms with E-state index in [9.17, 15) is 0 Å². The van der Waals surface area contributed by atoms with Gasteiger partial charge in [-0.1, -0.05) is 45.7 Å². The van der Waals surface area contributed by atoms with Crippen LogP contribution in [0.25, 0.3) is 22.3 Å². The number of aryl methyl sites for hydroxylation is 3. The van der Waals surface area contributed by atoms with Gasteiger partial charge in [-0.2, -0.15) is 0 Å². The first-order valence-electron chi connectivity index (χ1n) is 6.67. The van der Waals surface area contributed by atoms with Gasteiger partial charge in [-0.25, -0.2) is 9.97 Å². The number of benzene rings is 2. The van der Waals surface area contributed by atoms with Gasteiger partial charge in [-0.05, 0) is 49.6 Å². The number of aromatic nitrogens is 2. The second-order valence-corrected chi connectivity index (χ2v) is 6.50. The molecule has 0 bridgehead atoms. The van der Waals surface area contributed by atoms with E-state index in [0.717, 1.165) is 37.6 Å². The van der Waals surface area contributed by atoms with Gasteiger partial charge < -0.3 is 0 Å². The van der Waals surface area contributed by atoms with Gasteiger partial charge in [0, 0.05) is 15.4 Å². The summed E-state index contributed by atoms with van der Waals surface area (Å²) < 4.78 is 0.984. The second kappa shape index (κ2) is 5.39.